The molecule has 0 spiro atoms. The normalized spacial score (nSPS) is 17.5. The maximum Gasteiger partial charge on any atom is 0.223 e. The molecule has 0 unspecified atom stereocenters. The second-order valence-corrected chi connectivity index (χ2v) is 6.28. The molecule has 1 aliphatic rings. The maximum absolute atomic E-state index is 12.4. The molecule has 0 radical (unpaired) electrons. The molecule has 3 rings (SSSR count). The van der Waals surface area contributed by atoms with Gasteiger partial charge in [0, 0.05) is 18.7 Å². The molecule has 0 bridgehead atoms. The molecule has 1 amide bonds. The fraction of sp³-hybridized carbons (Fsp3) is 0.400. The summed E-state index contributed by atoms with van der Waals surface area (Å²) in [5.74, 6) is 0.263. The maximum atomic E-state index is 12.4. The number of aromatic nitrogens is 1. The van der Waals surface area contributed by atoms with Gasteiger partial charge >= 0.3 is 0 Å². The van der Waals surface area contributed by atoms with Crippen LogP contribution >= 0.6 is 0 Å². The Kier molecular flexibility index (Phi) is 4.75. The zero-order valence-corrected chi connectivity index (χ0v) is 14.0. The molecule has 1 aromatic carbocycles. The number of carbonyl (C=O) groups is 1. The summed E-state index contributed by atoms with van der Waals surface area (Å²) in [7, 11) is 0. The van der Waals surface area contributed by atoms with E-state index < -0.39 is 0 Å². The molecule has 1 fully saturated rings. The zero-order valence-electron chi connectivity index (χ0n) is 14.0. The SMILES string of the molecule is CCCC(=O)N1CCC[C@H]1c1cc(-c2ccccc2)cc(C)n1. The summed E-state index contributed by atoms with van der Waals surface area (Å²) in [5, 5.41) is 0. The predicted octanol–water partition coefficient (Wildman–Crippen LogP) is 4.52. The Bertz CT molecular complexity index is 681. The quantitative estimate of drug-likeness (QED) is 0.832. The molecule has 0 N–H and O–H groups in total. The van der Waals surface area contributed by atoms with Gasteiger partial charge in [-0.3, -0.25) is 9.78 Å². The van der Waals surface area contributed by atoms with Gasteiger partial charge in [-0.25, -0.2) is 0 Å². The predicted molar refractivity (Wildman–Crippen MR) is 93.0 cm³/mol. The van der Waals surface area contributed by atoms with Crippen molar-refractivity contribution in [2.75, 3.05) is 6.54 Å². The van der Waals surface area contributed by atoms with Gasteiger partial charge in [0.25, 0.3) is 0 Å². The third kappa shape index (κ3) is 3.44. The largest absolute Gasteiger partial charge is 0.334 e. The highest BCUT2D eigenvalue weighted by molar-refractivity contribution is 5.77. The van der Waals surface area contributed by atoms with Crippen molar-refractivity contribution in [3.05, 3.63) is 53.9 Å². The fourth-order valence-corrected chi connectivity index (χ4v) is 3.39. The first kappa shape index (κ1) is 15.7. The van der Waals surface area contributed by atoms with Gasteiger partial charge in [-0.05, 0) is 49.4 Å². The number of pyridine rings is 1. The number of carbonyl (C=O) groups excluding carboxylic acids is 1. The minimum Gasteiger partial charge on any atom is -0.334 e. The minimum atomic E-state index is 0.136. The van der Waals surface area contributed by atoms with Crippen LogP contribution in [0.15, 0.2) is 42.5 Å². The number of hydrogen-bond acceptors (Lipinski definition) is 2. The summed E-state index contributed by atoms with van der Waals surface area (Å²) in [4.78, 5) is 19.1. The molecule has 1 aromatic heterocycles. The summed E-state index contributed by atoms with van der Waals surface area (Å²) in [6.07, 6.45) is 3.61. The lowest BCUT2D eigenvalue weighted by molar-refractivity contribution is -0.132. The number of amides is 1. The highest BCUT2D eigenvalue weighted by Gasteiger charge is 2.30. The lowest BCUT2D eigenvalue weighted by atomic mass is 10.0. The van der Waals surface area contributed by atoms with Crippen molar-refractivity contribution in [2.45, 2.75) is 45.6 Å². The van der Waals surface area contributed by atoms with E-state index in [1.54, 1.807) is 0 Å². The van der Waals surface area contributed by atoms with Crippen molar-refractivity contribution >= 4 is 5.91 Å². The third-order valence-electron chi connectivity index (χ3n) is 4.46. The monoisotopic (exact) mass is 308 g/mol. The van der Waals surface area contributed by atoms with Crippen molar-refractivity contribution in [1.29, 1.82) is 0 Å². The summed E-state index contributed by atoms with van der Waals surface area (Å²) in [5.41, 5.74) is 4.42. The van der Waals surface area contributed by atoms with E-state index in [4.69, 9.17) is 4.98 Å². The molecule has 1 saturated heterocycles. The Balaban J connectivity index is 1.93. The average Bonchev–Trinajstić information content (AvgIpc) is 3.05. The van der Waals surface area contributed by atoms with Crippen LogP contribution in [0.1, 0.15) is 50.0 Å². The molecule has 2 aromatic rings. The van der Waals surface area contributed by atoms with Crippen molar-refractivity contribution in [3.63, 3.8) is 0 Å². The highest BCUT2D eigenvalue weighted by Crippen LogP contribution is 2.33. The Morgan fingerprint density at radius 2 is 2.00 bits per heavy atom. The van der Waals surface area contributed by atoms with E-state index in [9.17, 15) is 4.79 Å². The van der Waals surface area contributed by atoms with E-state index in [1.165, 1.54) is 11.1 Å². The molecule has 3 nitrogen and oxygen atoms in total. The standard InChI is InChI=1S/C20H24N2O/c1-3-8-20(23)22-12-7-11-19(22)18-14-17(13-15(2)21-18)16-9-5-4-6-10-16/h4-6,9-10,13-14,19H,3,7-8,11-12H2,1-2H3/t19-/m0/s1. The molecule has 120 valence electrons. The second-order valence-electron chi connectivity index (χ2n) is 6.28. The Labute approximate surface area is 138 Å². The smallest absolute Gasteiger partial charge is 0.223 e. The van der Waals surface area contributed by atoms with Crippen LogP contribution in [0.2, 0.25) is 0 Å². The van der Waals surface area contributed by atoms with E-state index in [0.717, 1.165) is 37.2 Å². The second kappa shape index (κ2) is 6.95. The van der Waals surface area contributed by atoms with Crippen molar-refractivity contribution < 1.29 is 4.79 Å². The lowest BCUT2D eigenvalue weighted by Gasteiger charge is -2.25. The van der Waals surface area contributed by atoms with Crippen LogP contribution in [0, 0.1) is 6.92 Å². The van der Waals surface area contributed by atoms with E-state index in [2.05, 4.69) is 43.3 Å². The van der Waals surface area contributed by atoms with E-state index in [-0.39, 0.29) is 11.9 Å². The molecule has 3 heteroatoms. The summed E-state index contributed by atoms with van der Waals surface area (Å²) in [6, 6.07) is 14.8. The zero-order chi connectivity index (χ0) is 16.2. The molecule has 1 atom stereocenters. The van der Waals surface area contributed by atoms with Crippen molar-refractivity contribution in [3.8, 4) is 11.1 Å². The van der Waals surface area contributed by atoms with Gasteiger partial charge in [0.2, 0.25) is 5.91 Å². The summed E-state index contributed by atoms with van der Waals surface area (Å²) >= 11 is 0. The van der Waals surface area contributed by atoms with Crippen LogP contribution in [-0.2, 0) is 4.79 Å². The van der Waals surface area contributed by atoms with E-state index in [1.807, 2.05) is 17.9 Å². The molecular weight excluding hydrogens is 284 g/mol. The van der Waals surface area contributed by atoms with Crippen LogP contribution in [0.4, 0.5) is 0 Å². The first-order valence-corrected chi connectivity index (χ1v) is 8.52. The number of aryl methyl sites for hydroxylation is 1. The van der Waals surface area contributed by atoms with Crippen LogP contribution in [0.25, 0.3) is 11.1 Å². The molecule has 23 heavy (non-hydrogen) atoms. The Hall–Kier alpha value is -2.16. The average molecular weight is 308 g/mol. The third-order valence-corrected chi connectivity index (χ3v) is 4.46. The lowest BCUT2D eigenvalue weighted by Crippen LogP contribution is -2.30. The van der Waals surface area contributed by atoms with Crippen LogP contribution in [-0.4, -0.2) is 22.3 Å². The Morgan fingerprint density at radius 3 is 2.74 bits per heavy atom. The van der Waals surface area contributed by atoms with Gasteiger partial charge in [-0.15, -0.1) is 0 Å². The summed E-state index contributed by atoms with van der Waals surface area (Å²) < 4.78 is 0. The number of hydrogen-bond donors (Lipinski definition) is 0. The molecular formula is C20H24N2O. The van der Waals surface area contributed by atoms with Gasteiger partial charge < -0.3 is 4.90 Å². The van der Waals surface area contributed by atoms with Crippen LogP contribution < -0.4 is 0 Å². The number of benzene rings is 1. The van der Waals surface area contributed by atoms with E-state index >= 15 is 0 Å². The van der Waals surface area contributed by atoms with Crippen LogP contribution in [0.5, 0.6) is 0 Å². The van der Waals surface area contributed by atoms with E-state index in [0.29, 0.717) is 6.42 Å². The topological polar surface area (TPSA) is 33.2 Å². The molecule has 1 aliphatic heterocycles. The highest BCUT2D eigenvalue weighted by atomic mass is 16.2. The number of likely N-dealkylation sites (tertiary alicyclic amines) is 1. The molecule has 2 heterocycles. The minimum absolute atomic E-state index is 0.136. The summed E-state index contributed by atoms with van der Waals surface area (Å²) in [6.45, 7) is 4.95. The van der Waals surface area contributed by atoms with Crippen molar-refractivity contribution in [2.24, 2.45) is 0 Å². The fourth-order valence-electron chi connectivity index (χ4n) is 3.39. The van der Waals surface area contributed by atoms with Gasteiger partial charge in [0.1, 0.15) is 0 Å². The van der Waals surface area contributed by atoms with Gasteiger partial charge in [-0.1, -0.05) is 37.3 Å². The Morgan fingerprint density at radius 1 is 1.22 bits per heavy atom. The first-order chi connectivity index (χ1) is 11.2. The first-order valence-electron chi connectivity index (χ1n) is 8.52. The van der Waals surface area contributed by atoms with Gasteiger partial charge in [-0.2, -0.15) is 0 Å². The van der Waals surface area contributed by atoms with Gasteiger partial charge in [0.05, 0.1) is 11.7 Å². The van der Waals surface area contributed by atoms with Gasteiger partial charge in [0.15, 0.2) is 0 Å². The molecule has 0 saturated carbocycles. The number of rotatable bonds is 4. The molecule has 0 aliphatic carbocycles. The number of nitrogens with zero attached hydrogens (tertiary/aromatic N) is 2. The van der Waals surface area contributed by atoms with Crippen LogP contribution in [0.3, 0.4) is 0 Å². The van der Waals surface area contributed by atoms with Crippen molar-refractivity contribution in [1.82, 2.24) is 9.88 Å².